The molecule has 0 fully saturated rings. The van der Waals surface area contributed by atoms with Gasteiger partial charge in [0.2, 0.25) is 0 Å². The number of aryl methyl sites for hydroxylation is 1. The van der Waals surface area contributed by atoms with Crippen molar-refractivity contribution in [2.24, 2.45) is 0 Å². The van der Waals surface area contributed by atoms with Crippen molar-refractivity contribution >= 4 is 40.2 Å². The number of hydrogen-bond donors (Lipinski definition) is 1. The van der Waals surface area contributed by atoms with E-state index in [0.29, 0.717) is 35.4 Å². The normalized spacial score (nSPS) is 14.8. The van der Waals surface area contributed by atoms with E-state index in [4.69, 9.17) is 38.5 Å². The first-order valence-corrected chi connectivity index (χ1v) is 13.6. The lowest BCUT2D eigenvalue weighted by Gasteiger charge is -2.36. The van der Waals surface area contributed by atoms with Gasteiger partial charge in [-0.2, -0.15) is 5.10 Å². The second-order valence-electron chi connectivity index (χ2n) is 9.49. The van der Waals surface area contributed by atoms with Crippen molar-refractivity contribution in [2.75, 3.05) is 19.0 Å². The van der Waals surface area contributed by atoms with E-state index in [2.05, 4.69) is 10.1 Å². The molecule has 0 spiro atoms. The van der Waals surface area contributed by atoms with Crippen LogP contribution in [0.4, 0.5) is 4.79 Å². The molecular formula is C29H26Cl2N6O3. The molecule has 1 aliphatic heterocycles. The average Bonchev–Trinajstić information content (AvgIpc) is 3.58. The maximum Gasteiger partial charge on any atom is 0.416 e. The van der Waals surface area contributed by atoms with Crippen molar-refractivity contribution in [3.63, 3.8) is 0 Å². The Morgan fingerprint density at radius 1 is 1.00 bits per heavy atom. The van der Waals surface area contributed by atoms with E-state index in [1.54, 1.807) is 44.9 Å². The molecular weight excluding hydrogens is 551 g/mol. The van der Waals surface area contributed by atoms with Crippen LogP contribution in [0.2, 0.25) is 10.0 Å². The van der Waals surface area contributed by atoms with Crippen LogP contribution in [-0.2, 0) is 13.0 Å². The lowest BCUT2D eigenvalue weighted by molar-refractivity contribution is 0.134. The van der Waals surface area contributed by atoms with Gasteiger partial charge in [-0.05, 0) is 72.1 Å². The predicted molar refractivity (Wildman–Crippen MR) is 153 cm³/mol. The number of nitrogen functional groups attached to an aromatic ring is 1. The largest absolute Gasteiger partial charge is 0.494 e. The van der Waals surface area contributed by atoms with Gasteiger partial charge in [-0.1, -0.05) is 35.3 Å². The number of aromatic nitrogens is 4. The molecule has 204 valence electrons. The number of halogens is 2. The number of hydrogen-bond acceptors (Lipinski definition) is 6. The third-order valence-corrected chi connectivity index (χ3v) is 7.49. The van der Waals surface area contributed by atoms with Crippen molar-refractivity contribution in [1.82, 2.24) is 24.3 Å². The molecule has 1 atom stereocenters. The molecule has 1 amide bonds. The zero-order valence-corrected chi connectivity index (χ0v) is 22.9. The highest BCUT2D eigenvalue weighted by Gasteiger charge is 2.37. The minimum Gasteiger partial charge on any atom is -0.494 e. The number of nitrogens with two attached hydrogens (primary N) is 1. The third kappa shape index (κ3) is 5.17. The number of amides is 1. The molecule has 0 aliphatic carbocycles. The van der Waals surface area contributed by atoms with Gasteiger partial charge in [0.15, 0.2) is 0 Å². The zero-order valence-electron chi connectivity index (χ0n) is 21.4. The quantitative estimate of drug-likeness (QED) is 0.192. The van der Waals surface area contributed by atoms with Gasteiger partial charge in [0.25, 0.3) is 0 Å². The van der Waals surface area contributed by atoms with Crippen LogP contribution < -0.4 is 15.3 Å². The van der Waals surface area contributed by atoms with Crippen LogP contribution in [0.25, 0.3) is 10.9 Å². The fourth-order valence-corrected chi connectivity index (χ4v) is 5.45. The van der Waals surface area contributed by atoms with Crippen molar-refractivity contribution in [3.8, 4) is 11.5 Å². The summed E-state index contributed by atoms with van der Waals surface area (Å²) in [7, 11) is 0. The lowest BCUT2D eigenvalue weighted by atomic mass is 9.92. The number of ether oxygens (including phenoxy) is 2. The van der Waals surface area contributed by atoms with Gasteiger partial charge in [-0.3, -0.25) is 14.3 Å². The van der Waals surface area contributed by atoms with Gasteiger partial charge < -0.3 is 15.3 Å². The Labute approximate surface area is 240 Å². The smallest absolute Gasteiger partial charge is 0.416 e. The highest BCUT2D eigenvalue weighted by atomic mass is 35.5. The van der Waals surface area contributed by atoms with Crippen LogP contribution in [-0.4, -0.2) is 43.6 Å². The number of rotatable bonds is 7. The summed E-state index contributed by atoms with van der Waals surface area (Å²) in [5.74, 6) is 7.81. The number of nitrogens with zero attached hydrogens (tertiary/aromatic N) is 5. The summed E-state index contributed by atoms with van der Waals surface area (Å²) in [5, 5.41) is 6.28. The standard InChI is InChI=1S/C29H26Cl2N6O3/c30-20-4-9-23(10-5-20)40-29(38)36-14-12-24-25-16-21(31)6-11-26(25)37(32)28(24)27(36)19-2-7-22(8-3-19)39-15-1-13-35-18-33-17-34-35/h2-11,16-18,27H,1,12-15,32H2. The number of carbonyl (C=O) groups excluding carboxylic acids is 1. The van der Waals surface area contributed by atoms with E-state index in [9.17, 15) is 4.79 Å². The highest BCUT2D eigenvalue weighted by molar-refractivity contribution is 6.31. The molecule has 6 rings (SSSR count). The van der Waals surface area contributed by atoms with E-state index in [1.807, 2.05) is 42.5 Å². The predicted octanol–water partition coefficient (Wildman–Crippen LogP) is 5.87. The molecule has 3 aromatic carbocycles. The van der Waals surface area contributed by atoms with Crippen molar-refractivity contribution in [3.05, 3.63) is 106 Å². The number of benzene rings is 3. The molecule has 1 unspecified atom stereocenters. The molecule has 0 radical (unpaired) electrons. The van der Waals surface area contributed by atoms with Crippen molar-refractivity contribution < 1.29 is 14.3 Å². The molecule has 2 aromatic heterocycles. The fourth-order valence-electron chi connectivity index (χ4n) is 5.15. The minimum absolute atomic E-state index is 0.411. The molecule has 11 heteroatoms. The summed E-state index contributed by atoms with van der Waals surface area (Å²) in [6.45, 7) is 1.69. The monoisotopic (exact) mass is 576 g/mol. The summed E-state index contributed by atoms with van der Waals surface area (Å²) < 4.78 is 15.1. The van der Waals surface area contributed by atoms with E-state index >= 15 is 0 Å². The molecule has 0 saturated heterocycles. The van der Waals surface area contributed by atoms with E-state index in [0.717, 1.165) is 46.4 Å². The minimum atomic E-state index is -0.485. The topological polar surface area (TPSA) is 100 Å². The average molecular weight is 577 g/mol. The first-order chi connectivity index (χ1) is 19.5. The first kappa shape index (κ1) is 26.0. The molecule has 40 heavy (non-hydrogen) atoms. The van der Waals surface area contributed by atoms with Crippen LogP contribution in [0.3, 0.4) is 0 Å². The van der Waals surface area contributed by atoms with Crippen LogP contribution in [0.15, 0.2) is 79.4 Å². The Hall–Kier alpha value is -4.21. The maximum atomic E-state index is 13.5. The lowest BCUT2D eigenvalue weighted by Crippen LogP contribution is -2.43. The van der Waals surface area contributed by atoms with Gasteiger partial charge in [0.1, 0.15) is 30.2 Å². The van der Waals surface area contributed by atoms with Crippen LogP contribution in [0, 0.1) is 0 Å². The molecule has 0 saturated carbocycles. The van der Waals surface area contributed by atoms with Crippen LogP contribution in [0.1, 0.15) is 29.3 Å². The number of fused-ring (bicyclic) bond motifs is 3. The second kappa shape index (κ2) is 11.1. The molecule has 0 bridgehead atoms. The molecule has 9 nitrogen and oxygen atoms in total. The highest BCUT2D eigenvalue weighted by Crippen LogP contribution is 2.41. The van der Waals surface area contributed by atoms with Gasteiger partial charge in [0, 0.05) is 34.9 Å². The summed E-state index contributed by atoms with van der Waals surface area (Å²) in [6.07, 6.45) is 4.11. The molecule has 1 aliphatic rings. The van der Waals surface area contributed by atoms with E-state index in [-0.39, 0.29) is 0 Å². The molecule has 5 aromatic rings. The van der Waals surface area contributed by atoms with E-state index < -0.39 is 12.1 Å². The maximum absolute atomic E-state index is 13.5. The SMILES string of the molecule is Nn1c2c(c3cc(Cl)ccc31)CCN(C(=O)Oc1ccc(Cl)cc1)C2c1ccc(OCCCn2cncn2)cc1. The Morgan fingerprint density at radius 3 is 2.50 bits per heavy atom. The summed E-state index contributed by atoms with van der Waals surface area (Å²) >= 11 is 12.3. The van der Waals surface area contributed by atoms with Gasteiger partial charge in [-0.15, -0.1) is 0 Å². The summed E-state index contributed by atoms with van der Waals surface area (Å²) in [5.41, 5.74) is 3.61. The van der Waals surface area contributed by atoms with Crippen molar-refractivity contribution in [2.45, 2.75) is 25.4 Å². The fraction of sp³-hybridized carbons (Fsp3) is 0.207. The zero-order chi connectivity index (χ0) is 27.6. The Bertz CT molecular complexity index is 1640. The van der Waals surface area contributed by atoms with Crippen LogP contribution >= 0.6 is 23.2 Å². The van der Waals surface area contributed by atoms with E-state index in [1.165, 1.54) is 6.33 Å². The summed E-state index contributed by atoms with van der Waals surface area (Å²) in [6, 6.07) is 19.6. The Balaban J connectivity index is 1.29. The second-order valence-corrected chi connectivity index (χ2v) is 10.4. The molecule has 3 heterocycles. The van der Waals surface area contributed by atoms with Crippen LogP contribution in [0.5, 0.6) is 11.5 Å². The van der Waals surface area contributed by atoms with Crippen molar-refractivity contribution in [1.29, 1.82) is 0 Å². The van der Waals surface area contributed by atoms with Gasteiger partial charge >= 0.3 is 6.09 Å². The van der Waals surface area contributed by atoms with Gasteiger partial charge in [0.05, 0.1) is 17.8 Å². The Morgan fingerprint density at radius 2 is 1.75 bits per heavy atom. The number of carbonyl (C=O) groups is 1. The van der Waals surface area contributed by atoms with Gasteiger partial charge in [-0.25, -0.2) is 9.78 Å². The third-order valence-electron chi connectivity index (χ3n) is 7.00. The Kier molecular flexibility index (Phi) is 7.23. The first-order valence-electron chi connectivity index (χ1n) is 12.8. The molecule has 2 N–H and O–H groups in total. The summed E-state index contributed by atoms with van der Waals surface area (Å²) in [4.78, 5) is 19.2.